The molecule has 0 heterocycles. The number of rotatable bonds is 2. The van der Waals surface area contributed by atoms with Crippen molar-refractivity contribution in [2.45, 2.75) is 0 Å². The second-order valence-corrected chi connectivity index (χ2v) is 2.88. The normalized spacial score (nSPS) is 8.90. The Bertz CT molecular complexity index is 218. The lowest BCUT2D eigenvalue weighted by molar-refractivity contribution is 0.442. The van der Waals surface area contributed by atoms with Crippen LogP contribution in [0.25, 0.3) is 0 Å². The van der Waals surface area contributed by atoms with Crippen molar-refractivity contribution in [2.75, 3.05) is 0 Å². The SMILES string of the molecule is O=[C]Oc1ccc(I)cc1. The van der Waals surface area contributed by atoms with Crippen molar-refractivity contribution in [3.05, 3.63) is 27.8 Å². The van der Waals surface area contributed by atoms with Crippen molar-refractivity contribution in [2.24, 2.45) is 0 Å². The lowest BCUT2D eigenvalue weighted by Crippen LogP contribution is -1.86. The zero-order valence-electron chi connectivity index (χ0n) is 5.00. The third-order valence-corrected chi connectivity index (χ3v) is 1.69. The molecule has 0 aromatic heterocycles. The molecule has 0 saturated carbocycles. The second kappa shape index (κ2) is 3.55. The molecule has 0 fully saturated rings. The number of ether oxygens (including phenoxy) is 1. The quantitative estimate of drug-likeness (QED) is 0.744. The summed E-state index contributed by atoms with van der Waals surface area (Å²) in [5.74, 6) is 0.524. The number of hydrogen-bond donors (Lipinski definition) is 0. The maximum Gasteiger partial charge on any atom is 0.423 e. The zero-order chi connectivity index (χ0) is 7.40. The highest BCUT2D eigenvalue weighted by molar-refractivity contribution is 14.1. The van der Waals surface area contributed by atoms with Gasteiger partial charge in [-0.2, -0.15) is 0 Å². The summed E-state index contributed by atoms with van der Waals surface area (Å²) in [4.78, 5) is 9.71. The molecule has 1 aromatic rings. The highest BCUT2D eigenvalue weighted by Gasteiger charge is 1.90. The molecule has 1 rings (SSSR count). The summed E-state index contributed by atoms with van der Waals surface area (Å²) in [6, 6.07) is 7.14. The zero-order valence-corrected chi connectivity index (χ0v) is 7.16. The van der Waals surface area contributed by atoms with Gasteiger partial charge in [-0.15, -0.1) is 0 Å². The van der Waals surface area contributed by atoms with Gasteiger partial charge in [0.05, 0.1) is 0 Å². The first-order valence-corrected chi connectivity index (χ1v) is 3.70. The molecule has 2 nitrogen and oxygen atoms in total. The Balaban J connectivity index is 2.78. The third-order valence-electron chi connectivity index (χ3n) is 0.973. The summed E-state index contributed by atoms with van der Waals surface area (Å²) < 4.78 is 5.56. The van der Waals surface area contributed by atoms with Crippen LogP contribution in [0, 0.1) is 3.57 Å². The summed E-state index contributed by atoms with van der Waals surface area (Å²) in [6.45, 7) is 1.35. The Morgan fingerprint density at radius 2 is 1.90 bits per heavy atom. The lowest BCUT2D eigenvalue weighted by atomic mass is 10.3. The Labute approximate surface area is 72.3 Å². The van der Waals surface area contributed by atoms with Gasteiger partial charge in [0.25, 0.3) is 0 Å². The van der Waals surface area contributed by atoms with Gasteiger partial charge in [0, 0.05) is 3.57 Å². The molecule has 0 saturated heterocycles. The molecule has 1 radical (unpaired) electrons. The van der Waals surface area contributed by atoms with Gasteiger partial charge < -0.3 is 4.74 Å². The van der Waals surface area contributed by atoms with Crippen LogP contribution in [0.4, 0.5) is 0 Å². The van der Waals surface area contributed by atoms with Crippen LogP contribution >= 0.6 is 22.6 Å². The van der Waals surface area contributed by atoms with Crippen molar-refractivity contribution < 1.29 is 9.53 Å². The Morgan fingerprint density at radius 1 is 1.30 bits per heavy atom. The van der Waals surface area contributed by atoms with Gasteiger partial charge in [-0.3, -0.25) is 0 Å². The Morgan fingerprint density at radius 3 is 2.40 bits per heavy atom. The molecular formula is C7H4IO2. The number of halogens is 1. The topological polar surface area (TPSA) is 26.3 Å². The van der Waals surface area contributed by atoms with E-state index in [0.717, 1.165) is 3.57 Å². The average molecular weight is 247 g/mol. The second-order valence-electron chi connectivity index (χ2n) is 1.64. The van der Waals surface area contributed by atoms with Crippen molar-refractivity contribution in [3.8, 4) is 5.75 Å². The molecule has 0 bridgehead atoms. The minimum atomic E-state index is 0.524. The van der Waals surface area contributed by atoms with Crippen LogP contribution in [0.3, 0.4) is 0 Å². The summed E-state index contributed by atoms with van der Waals surface area (Å²) in [7, 11) is 0. The van der Waals surface area contributed by atoms with E-state index in [1.165, 1.54) is 6.47 Å². The van der Waals surface area contributed by atoms with Crippen LogP contribution in [0.5, 0.6) is 5.75 Å². The van der Waals surface area contributed by atoms with Gasteiger partial charge in [0.2, 0.25) is 0 Å². The van der Waals surface area contributed by atoms with E-state index in [1.807, 2.05) is 12.1 Å². The van der Waals surface area contributed by atoms with E-state index in [1.54, 1.807) is 12.1 Å². The first-order valence-electron chi connectivity index (χ1n) is 2.62. The molecule has 0 aliphatic rings. The first-order chi connectivity index (χ1) is 4.83. The fraction of sp³-hybridized carbons (Fsp3) is 0. The largest absolute Gasteiger partial charge is 0.423 e. The van der Waals surface area contributed by atoms with Crippen LogP contribution < -0.4 is 4.74 Å². The van der Waals surface area contributed by atoms with Gasteiger partial charge in [-0.1, -0.05) is 0 Å². The van der Waals surface area contributed by atoms with Gasteiger partial charge >= 0.3 is 6.47 Å². The lowest BCUT2D eigenvalue weighted by Gasteiger charge is -1.93. The molecule has 0 N–H and O–H groups in total. The Kier molecular flexibility index (Phi) is 2.68. The fourth-order valence-corrected chi connectivity index (χ4v) is 0.910. The van der Waals surface area contributed by atoms with Crippen LogP contribution in [0.2, 0.25) is 0 Å². The van der Waals surface area contributed by atoms with Crippen molar-refractivity contribution in [1.82, 2.24) is 0 Å². The molecule has 0 atom stereocenters. The van der Waals surface area contributed by atoms with Gasteiger partial charge in [0.15, 0.2) is 0 Å². The van der Waals surface area contributed by atoms with E-state index >= 15 is 0 Å². The van der Waals surface area contributed by atoms with E-state index in [4.69, 9.17) is 0 Å². The summed E-state index contributed by atoms with van der Waals surface area (Å²) in [5.41, 5.74) is 0. The predicted octanol–water partition coefficient (Wildman–Crippen LogP) is 1.74. The van der Waals surface area contributed by atoms with Gasteiger partial charge in [0.1, 0.15) is 5.75 Å². The molecule has 51 valence electrons. The van der Waals surface area contributed by atoms with Crippen LogP contribution in [-0.2, 0) is 4.79 Å². The number of carbonyl (C=O) groups excluding carboxylic acids is 1. The van der Waals surface area contributed by atoms with Crippen molar-refractivity contribution in [3.63, 3.8) is 0 Å². The minimum absolute atomic E-state index is 0.524. The molecule has 0 amide bonds. The van der Waals surface area contributed by atoms with Crippen molar-refractivity contribution >= 4 is 29.1 Å². The predicted molar refractivity (Wildman–Crippen MR) is 45.5 cm³/mol. The molecule has 0 aliphatic heterocycles. The van der Waals surface area contributed by atoms with E-state index in [9.17, 15) is 4.79 Å². The highest BCUT2D eigenvalue weighted by Crippen LogP contribution is 2.12. The van der Waals surface area contributed by atoms with Crippen LogP contribution in [0.15, 0.2) is 24.3 Å². The molecule has 10 heavy (non-hydrogen) atoms. The maximum absolute atomic E-state index is 9.71. The smallest absolute Gasteiger partial charge is 0.418 e. The standard InChI is InChI=1S/C7H4IO2/c8-6-1-3-7(4-2-6)10-5-9/h1-4H. The fourth-order valence-electron chi connectivity index (χ4n) is 0.551. The molecule has 0 aliphatic carbocycles. The van der Waals surface area contributed by atoms with Crippen LogP contribution in [-0.4, -0.2) is 6.47 Å². The number of hydrogen-bond acceptors (Lipinski definition) is 2. The van der Waals surface area contributed by atoms with Gasteiger partial charge in [-0.25, -0.2) is 4.79 Å². The maximum atomic E-state index is 9.71. The minimum Gasteiger partial charge on any atom is -0.418 e. The molecule has 3 heteroatoms. The summed E-state index contributed by atoms with van der Waals surface area (Å²) >= 11 is 2.17. The van der Waals surface area contributed by atoms with Gasteiger partial charge in [-0.05, 0) is 46.9 Å². The highest BCUT2D eigenvalue weighted by atomic mass is 127. The van der Waals surface area contributed by atoms with E-state index in [2.05, 4.69) is 27.3 Å². The molecular weight excluding hydrogens is 243 g/mol. The number of benzene rings is 1. The van der Waals surface area contributed by atoms with E-state index < -0.39 is 0 Å². The summed E-state index contributed by atoms with van der Waals surface area (Å²) in [6.07, 6.45) is 0. The summed E-state index contributed by atoms with van der Waals surface area (Å²) in [5, 5.41) is 0. The average Bonchev–Trinajstić information content (AvgIpc) is 1.95. The Hall–Kier alpha value is -0.580. The van der Waals surface area contributed by atoms with E-state index in [-0.39, 0.29) is 0 Å². The third kappa shape index (κ3) is 1.98. The molecule has 1 aromatic carbocycles. The monoisotopic (exact) mass is 247 g/mol. The molecule has 0 spiro atoms. The van der Waals surface area contributed by atoms with E-state index in [0.29, 0.717) is 5.75 Å². The van der Waals surface area contributed by atoms with Crippen LogP contribution in [0.1, 0.15) is 0 Å². The molecule has 0 unspecified atom stereocenters. The van der Waals surface area contributed by atoms with Crippen molar-refractivity contribution in [1.29, 1.82) is 0 Å². The first kappa shape index (κ1) is 7.53.